The van der Waals surface area contributed by atoms with Crippen LogP contribution in [0.3, 0.4) is 0 Å². The van der Waals surface area contributed by atoms with E-state index in [1.54, 1.807) is 11.4 Å². The van der Waals surface area contributed by atoms with Gasteiger partial charge >= 0.3 is 4.87 Å². The summed E-state index contributed by atoms with van der Waals surface area (Å²) in [5.41, 5.74) is 1.11. The van der Waals surface area contributed by atoms with Crippen molar-refractivity contribution < 1.29 is 9.21 Å². The number of carbonyl (C=O) groups excluding carboxylic acids is 1. The van der Waals surface area contributed by atoms with Crippen molar-refractivity contribution in [2.24, 2.45) is 0 Å². The van der Waals surface area contributed by atoms with Gasteiger partial charge in [-0.1, -0.05) is 11.3 Å². The number of nitrogens with one attached hydrogen (secondary N) is 2. The predicted molar refractivity (Wildman–Crippen MR) is 62.5 cm³/mol. The summed E-state index contributed by atoms with van der Waals surface area (Å²) in [6, 6.07) is 1.57. The molecule has 0 unspecified atom stereocenters. The van der Waals surface area contributed by atoms with E-state index >= 15 is 0 Å². The maximum Gasteiger partial charge on any atom is 0.304 e. The number of thiazole rings is 1. The largest absolute Gasteiger partial charge is 0.457 e. The van der Waals surface area contributed by atoms with Gasteiger partial charge in [0.15, 0.2) is 4.67 Å². The van der Waals surface area contributed by atoms with E-state index in [0.717, 1.165) is 11.3 Å². The van der Waals surface area contributed by atoms with E-state index in [2.05, 4.69) is 26.2 Å². The summed E-state index contributed by atoms with van der Waals surface area (Å²) in [5, 5.41) is 4.34. The van der Waals surface area contributed by atoms with Gasteiger partial charge in [-0.3, -0.25) is 9.59 Å². The summed E-state index contributed by atoms with van der Waals surface area (Å²) in [7, 11) is 0. The Bertz CT molecular complexity index is 557. The molecule has 1 amide bonds. The second-order valence-electron chi connectivity index (χ2n) is 2.96. The van der Waals surface area contributed by atoms with Crippen LogP contribution >= 0.6 is 27.3 Å². The molecule has 2 heterocycles. The molecule has 0 saturated heterocycles. The van der Waals surface area contributed by atoms with Crippen molar-refractivity contribution in [1.29, 1.82) is 0 Å². The van der Waals surface area contributed by atoms with Crippen LogP contribution in [0, 0.1) is 0 Å². The molecule has 7 heteroatoms. The number of halogens is 1. The number of rotatable bonds is 3. The van der Waals surface area contributed by atoms with E-state index in [4.69, 9.17) is 4.42 Å². The molecule has 84 valence electrons. The molecular weight excluding hydrogens is 296 g/mol. The first-order valence-electron chi connectivity index (χ1n) is 4.34. The summed E-state index contributed by atoms with van der Waals surface area (Å²) in [6.45, 7) is 0.287. The SMILES string of the molecule is O=C(NCc1csc(=O)[nH]1)c1ccoc1Br. The second kappa shape index (κ2) is 4.67. The minimum atomic E-state index is -0.257. The number of hydrogen-bond donors (Lipinski definition) is 2. The van der Waals surface area contributed by atoms with Gasteiger partial charge in [0.1, 0.15) is 0 Å². The molecule has 0 aliphatic carbocycles. The van der Waals surface area contributed by atoms with Crippen molar-refractivity contribution in [2.45, 2.75) is 6.54 Å². The highest BCUT2D eigenvalue weighted by Crippen LogP contribution is 2.17. The summed E-state index contributed by atoms with van der Waals surface area (Å²) < 4.78 is 5.33. The Labute approximate surface area is 103 Å². The smallest absolute Gasteiger partial charge is 0.304 e. The van der Waals surface area contributed by atoms with Gasteiger partial charge in [-0.25, -0.2) is 0 Å². The number of aromatic amines is 1. The topological polar surface area (TPSA) is 75.1 Å². The molecule has 0 saturated carbocycles. The van der Waals surface area contributed by atoms with Crippen LogP contribution in [0.2, 0.25) is 0 Å². The first-order chi connectivity index (χ1) is 7.66. The second-order valence-corrected chi connectivity index (χ2v) is 4.53. The predicted octanol–water partition coefficient (Wildman–Crippen LogP) is 1.72. The average Bonchev–Trinajstić information content (AvgIpc) is 2.84. The van der Waals surface area contributed by atoms with E-state index in [1.807, 2.05) is 0 Å². The number of H-pyrrole nitrogens is 1. The Kier molecular flexibility index (Phi) is 3.25. The van der Waals surface area contributed by atoms with Crippen LogP contribution in [-0.2, 0) is 6.54 Å². The molecule has 0 fully saturated rings. The van der Waals surface area contributed by atoms with E-state index in [9.17, 15) is 9.59 Å². The molecule has 0 radical (unpaired) electrons. The Morgan fingerprint density at radius 1 is 1.62 bits per heavy atom. The van der Waals surface area contributed by atoms with Crippen molar-refractivity contribution in [3.63, 3.8) is 0 Å². The lowest BCUT2D eigenvalue weighted by molar-refractivity contribution is 0.0948. The van der Waals surface area contributed by atoms with Gasteiger partial charge in [0.2, 0.25) is 0 Å². The highest BCUT2D eigenvalue weighted by Gasteiger charge is 2.12. The fourth-order valence-electron chi connectivity index (χ4n) is 1.13. The van der Waals surface area contributed by atoms with Gasteiger partial charge in [-0.2, -0.15) is 0 Å². The molecule has 2 aromatic rings. The van der Waals surface area contributed by atoms with Gasteiger partial charge in [0.25, 0.3) is 5.91 Å². The summed E-state index contributed by atoms with van der Waals surface area (Å²) in [4.78, 5) is 24.9. The van der Waals surface area contributed by atoms with Crippen molar-refractivity contribution in [2.75, 3.05) is 0 Å². The average molecular weight is 303 g/mol. The Balaban J connectivity index is 1.99. The molecule has 16 heavy (non-hydrogen) atoms. The molecule has 2 N–H and O–H groups in total. The zero-order valence-corrected chi connectivity index (χ0v) is 10.4. The van der Waals surface area contributed by atoms with Crippen molar-refractivity contribution in [1.82, 2.24) is 10.3 Å². The molecular formula is C9H7BrN2O3S. The third-order valence-electron chi connectivity index (χ3n) is 1.87. The summed E-state index contributed by atoms with van der Waals surface area (Å²) in [6.07, 6.45) is 1.42. The van der Waals surface area contributed by atoms with Crippen LogP contribution in [0.15, 0.2) is 31.6 Å². The number of amides is 1. The lowest BCUT2D eigenvalue weighted by Gasteiger charge is -2.01. The summed E-state index contributed by atoms with van der Waals surface area (Å²) >= 11 is 4.18. The van der Waals surface area contributed by atoms with Crippen LogP contribution in [0.4, 0.5) is 0 Å². The van der Waals surface area contributed by atoms with Gasteiger partial charge in [-0.05, 0) is 22.0 Å². The quantitative estimate of drug-likeness (QED) is 0.906. The molecule has 0 atom stereocenters. The standard InChI is InChI=1S/C9H7BrN2O3S/c10-7-6(1-2-15-7)8(13)11-3-5-4-16-9(14)12-5/h1-2,4H,3H2,(H,11,13)(H,12,14). The molecule has 0 bridgehead atoms. The normalized spacial score (nSPS) is 10.3. The van der Waals surface area contributed by atoms with Crippen molar-refractivity contribution >= 4 is 33.2 Å². The highest BCUT2D eigenvalue weighted by molar-refractivity contribution is 9.10. The maximum absolute atomic E-state index is 11.6. The Morgan fingerprint density at radius 2 is 2.44 bits per heavy atom. The molecule has 2 rings (SSSR count). The molecule has 0 aromatic carbocycles. The zero-order valence-electron chi connectivity index (χ0n) is 7.95. The zero-order chi connectivity index (χ0) is 11.5. The lowest BCUT2D eigenvalue weighted by atomic mass is 10.3. The monoisotopic (exact) mass is 302 g/mol. The van der Waals surface area contributed by atoms with Gasteiger partial charge in [0, 0.05) is 11.1 Å². The van der Waals surface area contributed by atoms with Crippen LogP contribution in [0.25, 0.3) is 0 Å². The Hall–Kier alpha value is -1.34. The van der Waals surface area contributed by atoms with Crippen LogP contribution in [0.5, 0.6) is 0 Å². The Morgan fingerprint density at radius 3 is 3.00 bits per heavy atom. The lowest BCUT2D eigenvalue weighted by Crippen LogP contribution is -2.23. The van der Waals surface area contributed by atoms with Gasteiger partial charge < -0.3 is 14.7 Å². The maximum atomic E-state index is 11.6. The van der Waals surface area contributed by atoms with E-state index in [1.165, 1.54) is 6.26 Å². The minimum absolute atomic E-state index is 0.131. The molecule has 0 aliphatic heterocycles. The first kappa shape index (κ1) is 11.2. The first-order valence-corrected chi connectivity index (χ1v) is 6.02. The number of carbonyl (C=O) groups is 1. The molecule has 0 spiro atoms. The molecule has 5 nitrogen and oxygen atoms in total. The van der Waals surface area contributed by atoms with Crippen LogP contribution in [0.1, 0.15) is 16.1 Å². The van der Waals surface area contributed by atoms with Gasteiger partial charge in [0.05, 0.1) is 18.4 Å². The van der Waals surface area contributed by atoms with Crippen LogP contribution in [-0.4, -0.2) is 10.9 Å². The van der Waals surface area contributed by atoms with Crippen molar-refractivity contribution in [3.05, 3.63) is 43.3 Å². The molecule has 2 aromatic heterocycles. The van der Waals surface area contributed by atoms with E-state index < -0.39 is 0 Å². The third-order valence-corrected chi connectivity index (χ3v) is 3.21. The van der Waals surface area contributed by atoms with Crippen molar-refractivity contribution in [3.8, 4) is 0 Å². The van der Waals surface area contributed by atoms with E-state index in [0.29, 0.717) is 15.9 Å². The fourth-order valence-corrected chi connectivity index (χ4v) is 2.13. The summed E-state index contributed by atoms with van der Waals surface area (Å²) in [5.74, 6) is -0.257. The van der Waals surface area contributed by atoms with Crippen LogP contribution < -0.4 is 10.2 Å². The number of furan rings is 1. The minimum Gasteiger partial charge on any atom is -0.457 e. The molecule has 0 aliphatic rings. The number of aromatic nitrogens is 1. The third kappa shape index (κ3) is 2.42. The number of hydrogen-bond acceptors (Lipinski definition) is 4. The fraction of sp³-hybridized carbons (Fsp3) is 0.111. The van der Waals surface area contributed by atoms with Gasteiger partial charge in [-0.15, -0.1) is 0 Å². The van der Waals surface area contributed by atoms with E-state index in [-0.39, 0.29) is 17.3 Å². The highest BCUT2D eigenvalue weighted by atomic mass is 79.9.